The Morgan fingerprint density at radius 2 is 1.97 bits per heavy atom. The maximum atomic E-state index is 12.7. The van der Waals surface area contributed by atoms with E-state index in [1.54, 1.807) is 13.4 Å². The molecule has 0 N–H and O–H groups in total. The Labute approximate surface area is 171 Å². The van der Waals surface area contributed by atoms with Gasteiger partial charge < -0.3 is 14.2 Å². The second kappa shape index (κ2) is 8.90. The summed E-state index contributed by atoms with van der Waals surface area (Å²) in [5.41, 5.74) is 2.22. The highest BCUT2D eigenvalue weighted by Crippen LogP contribution is 2.22. The van der Waals surface area contributed by atoms with Crippen LogP contribution in [0.15, 0.2) is 60.9 Å². The maximum Gasteiger partial charge on any atom is 0.227 e. The number of benzene rings is 2. The Morgan fingerprint density at radius 3 is 2.79 bits per heavy atom. The van der Waals surface area contributed by atoms with E-state index in [0.29, 0.717) is 12.3 Å². The van der Waals surface area contributed by atoms with Gasteiger partial charge in [-0.05, 0) is 35.6 Å². The van der Waals surface area contributed by atoms with E-state index in [4.69, 9.17) is 4.74 Å². The zero-order chi connectivity index (χ0) is 20.1. The van der Waals surface area contributed by atoms with Crippen molar-refractivity contribution in [3.63, 3.8) is 0 Å². The summed E-state index contributed by atoms with van der Waals surface area (Å²) in [5, 5.41) is 8.44. The summed E-state index contributed by atoms with van der Waals surface area (Å²) >= 11 is 0. The Hall–Kier alpha value is -3.15. The van der Waals surface area contributed by atoms with Crippen molar-refractivity contribution in [1.82, 2.24) is 19.7 Å². The summed E-state index contributed by atoms with van der Waals surface area (Å²) in [6.45, 7) is 2.36. The van der Waals surface area contributed by atoms with Gasteiger partial charge in [0.2, 0.25) is 5.91 Å². The molecule has 6 nitrogen and oxygen atoms in total. The minimum absolute atomic E-state index is 0.173. The minimum atomic E-state index is 0.173. The molecule has 29 heavy (non-hydrogen) atoms. The molecule has 1 saturated heterocycles. The zero-order valence-corrected chi connectivity index (χ0v) is 16.7. The SMILES string of the molecule is COc1cccc(CC(=O)N2CCC(Cc3nncn3Cc3ccccc3)C2)c1. The summed E-state index contributed by atoms with van der Waals surface area (Å²) < 4.78 is 7.36. The van der Waals surface area contributed by atoms with Crippen molar-refractivity contribution in [2.45, 2.75) is 25.8 Å². The fraction of sp³-hybridized carbons (Fsp3) is 0.348. The van der Waals surface area contributed by atoms with Gasteiger partial charge in [0.05, 0.1) is 20.1 Å². The molecule has 1 aliphatic rings. The van der Waals surface area contributed by atoms with Crippen LogP contribution in [0, 0.1) is 5.92 Å². The van der Waals surface area contributed by atoms with E-state index in [1.807, 2.05) is 47.4 Å². The lowest BCUT2D eigenvalue weighted by Gasteiger charge is -2.17. The summed E-state index contributed by atoms with van der Waals surface area (Å²) in [5.74, 6) is 2.36. The highest BCUT2D eigenvalue weighted by atomic mass is 16.5. The molecular weight excluding hydrogens is 364 g/mol. The van der Waals surface area contributed by atoms with Crippen LogP contribution < -0.4 is 4.74 Å². The van der Waals surface area contributed by atoms with Gasteiger partial charge in [-0.25, -0.2) is 0 Å². The van der Waals surface area contributed by atoms with E-state index in [1.165, 1.54) is 5.56 Å². The van der Waals surface area contributed by atoms with Crippen molar-refractivity contribution in [2.75, 3.05) is 20.2 Å². The Morgan fingerprint density at radius 1 is 1.14 bits per heavy atom. The molecule has 0 bridgehead atoms. The van der Waals surface area contributed by atoms with Crippen molar-refractivity contribution in [3.05, 3.63) is 77.9 Å². The molecule has 4 rings (SSSR count). The van der Waals surface area contributed by atoms with Crippen LogP contribution in [0.3, 0.4) is 0 Å². The molecule has 3 aromatic rings. The van der Waals surface area contributed by atoms with E-state index in [0.717, 1.165) is 49.6 Å². The molecule has 1 fully saturated rings. The lowest BCUT2D eigenvalue weighted by molar-refractivity contribution is -0.129. The summed E-state index contributed by atoms with van der Waals surface area (Å²) in [6.07, 6.45) is 4.05. The monoisotopic (exact) mass is 390 g/mol. The number of amides is 1. The van der Waals surface area contributed by atoms with Crippen molar-refractivity contribution in [3.8, 4) is 5.75 Å². The topological polar surface area (TPSA) is 60.2 Å². The van der Waals surface area contributed by atoms with Crippen LogP contribution in [-0.2, 0) is 24.2 Å². The molecule has 150 valence electrons. The maximum absolute atomic E-state index is 12.7. The molecule has 2 heterocycles. The molecule has 1 aromatic heterocycles. The number of aromatic nitrogens is 3. The van der Waals surface area contributed by atoms with Crippen molar-refractivity contribution in [1.29, 1.82) is 0 Å². The van der Waals surface area contributed by atoms with Crippen LogP contribution in [0.1, 0.15) is 23.4 Å². The molecule has 0 aliphatic carbocycles. The molecule has 1 unspecified atom stereocenters. The zero-order valence-electron chi connectivity index (χ0n) is 16.7. The van der Waals surface area contributed by atoms with Crippen LogP contribution in [-0.4, -0.2) is 45.8 Å². The fourth-order valence-corrected chi connectivity index (χ4v) is 3.90. The first-order valence-electron chi connectivity index (χ1n) is 10.0. The van der Waals surface area contributed by atoms with Crippen molar-refractivity contribution in [2.24, 2.45) is 5.92 Å². The van der Waals surface area contributed by atoms with Gasteiger partial charge in [0.15, 0.2) is 0 Å². The van der Waals surface area contributed by atoms with E-state index in [2.05, 4.69) is 26.9 Å². The van der Waals surface area contributed by atoms with Crippen LogP contribution in [0.4, 0.5) is 0 Å². The minimum Gasteiger partial charge on any atom is -0.497 e. The second-order valence-electron chi connectivity index (χ2n) is 7.59. The molecule has 1 atom stereocenters. The first kappa shape index (κ1) is 19.2. The number of carbonyl (C=O) groups is 1. The van der Waals surface area contributed by atoms with Gasteiger partial charge in [0.25, 0.3) is 0 Å². The molecule has 0 radical (unpaired) electrons. The molecule has 6 heteroatoms. The van der Waals surface area contributed by atoms with E-state index in [9.17, 15) is 4.79 Å². The first-order valence-corrected chi connectivity index (χ1v) is 10.0. The van der Waals surface area contributed by atoms with Gasteiger partial charge in [0.1, 0.15) is 17.9 Å². The van der Waals surface area contributed by atoms with E-state index < -0.39 is 0 Å². The third-order valence-corrected chi connectivity index (χ3v) is 5.49. The standard InChI is InChI=1S/C23H26N4O2/c1-29-21-9-5-8-19(12-21)14-23(28)26-11-10-20(16-26)13-22-25-24-17-27(22)15-18-6-3-2-4-7-18/h2-9,12,17,20H,10-11,13-16H2,1H3. The largest absolute Gasteiger partial charge is 0.497 e. The highest BCUT2D eigenvalue weighted by Gasteiger charge is 2.27. The number of carbonyl (C=O) groups excluding carboxylic acids is 1. The van der Waals surface area contributed by atoms with Gasteiger partial charge in [-0.2, -0.15) is 0 Å². The van der Waals surface area contributed by atoms with Gasteiger partial charge in [-0.1, -0.05) is 42.5 Å². The lowest BCUT2D eigenvalue weighted by Crippen LogP contribution is -2.30. The quantitative estimate of drug-likeness (QED) is 0.622. The van der Waals surface area contributed by atoms with Gasteiger partial charge in [-0.15, -0.1) is 10.2 Å². The molecule has 0 saturated carbocycles. The Balaban J connectivity index is 1.33. The highest BCUT2D eigenvalue weighted by molar-refractivity contribution is 5.79. The lowest BCUT2D eigenvalue weighted by atomic mass is 10.0. The van der Waals surface area contributed by atoms with Gasteiger partial charge >= 0.3 is 0 Å². The average Bonchev–Trinajstić information content (AvgIpc) is 3.39. The molecule has 0 spiro atoms. The van der Waals surface area contributed by atoms with E-state index in [-0.39, 0.29) is 5.91 Å². The van der Waals surface area contributed by atoms with E-state index >= 15 is 0 Å². The van der Waals surface area contributed by atoms with Crippen LogP contribution >= 0.6 is 0 Å². The van der Waals surface area contributed by atoms with Crippen molar-refractivity contribution >= 4 is 5.91 Å². The van der Waals surface area contributed by atoms with Crippen LogP contribution in [0.25, 0.3) is 0 Å². The van der Waals surface area contributed by atoms with Gasteiger partial charge in [0, 0.05) is 19.5 Å². The summed E-state index contributed by atoms with van der Waals surface area (Å²) in [6, 6.07) is 18.0. The van der Waals surface area contributed by atoms with Gasteiger partial charge in [-0.3, -0.25) is 4.79 Å². The predicted octanol–water partition coefficient (Wildman–Crippen LogP) is 2.97. The Bertz CT molecular complexity index is 954. The first-order chi connectivity index (χ1) is 14.2. The Kier molecular flexibility index (Phi) is 5.89. The number of hydrogen-bond donors (Lipinski definition) is 0. The number of likely N-dealkylation sites (tertiary alicyclic amines) is 1. The molecular formula is C23H26N4O2. The van der Waals surface area contributed by atoms with Crippen molar-refractivity contribution < 1.29 is 9.53 Å². The number of nitrogens with zero attached hydrogens (tertiary/aromatic N) is 4. The predicted molar refractivity (Wildman–Crippen MR) is 111 cm³/mol. The second-order valence-corrected chi connectivity index (χ2v) is 7.59. The third kappa shape index (κ3) is 4.83. The number of hydrogen-bond acceptors (Lipinski definition) is 4. The number of ether oxygens (including phenoxy) is 1. The molecule has 1 aliphatic heterocycles. The summed E-state index contributed by atoms with van der Waals surface area (Å²) in [7, 11) is 1.64. The van der Waals surface area contributed by atoms with Crippen LogP contribution in [0.5, 0.6) is 5.75 Å². The smallest absolute Gasteiger partial charge is 0.227 e. The number of rotatable bonds is 7. The third-order valence-electron chi connectivity index (χ3n) is 5.49. The normalized spacial score (nSPS) is 16.2. The van der Waals surface area contributed by atoms with Crippen LogP contribution in [0.2, 0.25) is 0 Å². The number of methoxy groups -OCH3 is 1. The fourth-order valence-electron chi connectivity index (χ4n) is 3.90. The summed E-state index contributed by atoms with van der Waals surface area (Å²) in [4.78, 5) is 14.7. The molecule has 2 aromatic carbocycles. The molecule has 1 amide bonds. The average molecular weight is 390 g/mol.